The lowest BCUT2D eigenvalue weighted by Gasteiger charge is -2.31. The van der Waals surface area contributed by atoms with Crippen molar-refractivity contribution in [1.29, 1.82) is 0 Å². The van der Waals surface area contributed by atoms with E-state index in [0.717, 1.165) is 0 Å². The first-order chi connectivity index (χ1) is 13.3. The van der Waals surface area contributed by atoms with E-state index in [1.54, 1.807) is 49.4 Å². The SMILES string of the molecule is CC1=C(C(=O)Nc2cccc(Cl)c2)[C@@H](c2ccccc2OC(F)F)NC(=S)N1. The maximum Gasteiger partial charge on any atom is 0.387 e. The summed E-state index contributed by atoms with van der Waals surface area (Å²) in [6.45, 7) is -1.31. The number of allylic oxidation sites excluding steroid dienone is 1. The smallest absolute Gasteiger partial charge is 0.387 e. The molecule has 0 saturated heterocycles. The maximum atomic E-state index is 13.0. The molecule has 0 spiro atoms. The van der Waals surface area contributed by atoms with Crippen LogP contribution in [0.4, 0.5) is 14.5 Å². The summed E-state index contributed by atoms with van der Waals surface area (Å²) in [6, 6.07) is 12.2. The first-order valence-corrected chi connectivity index (χ1v) is 9.02. The highest BCUT2D eigenvalue weighted by Gasteiger charge is 2.32. The van der Waals surface area contributed by atoms with Crippen molar-refractivity contribution in [2.75, 3.05) is 5.32 Å². The molecule has 1 heterocycles. The monoisotopic (exact) mass is 423 g/mol. The van der Waals surface area contributed by atoms with E-state index >= 15 is 0 Å². The van der Waals surface area contributed by atoms with Crippen molar-refractivity contribution in [3.63, 3.8) is 0 Å². The quantitative estimate of drug-likeness (QED) is 0.623. The number of benzene rings is 2. The number of carbonyl (C=O) groups is 1. The van der Waals surface area contributed by atoms with Crippen LogP contribution in [-0.4, -0.2) is 17.6 Å². The normalized spacial score (nSPS) is 16.5. The lowest BCUT2D eigenvalue weighted by atomic mass is 9.94. The van der Waals surface area contributed by atoms with E-state index in [1.165, 1.54) is 6.07 Å². The number of carbonyl (C=O) groups excluding carboxylic acids is 1. The van der Waals surface area contributed by atoms with Gasteiger partial charge in [-0.1, -0.05) is 35.9 Å². The summed E-state index contributed by atoms with van der Waals surface area (Å²) in [5.41, 5.74) is 1.66. The number of anilines is 1. The van der Waals surface area contributed by atoms with Gasteiger partial charge in [-0.05, 0) is 43.4 Å². The first-order valence-electron chi connectivity index (χ1n) is 8.24. The Morgan fingerprint density at radius 2 is 2.00 bits per heavy atom. The molecule has 0 unspecified atom stereocenters. The third-order valence-electron chi connectivity index (χ3n) is 4.04. The Kier molecular flexibility index (Phi) is 6.11. The van der Waals surface area contributed by atoms with Gasteiger partial charge < -0.3 is 20.7 Å². The zero-order valence-electron chi connectivity index (χ0n) is 14.6. The Labute approximate surface area is 170 Å². The van der Waals surface area contributed by atoms with Gasteiger partial charge in [0.1, 0.15) is 5.75 Å². The van der Waals surface area contributed by atoms with Crippen LogP contribution in [0.5, 0.6) is 5.75 Å². The Balaban J connectivity index is 1.99. The average Bonchev–Trinajstić information content (AvgIpc) is 2.61. The second-order valence-electron chi connectivity index (χ2n) is 5.95. The molecule has 1 aliphatic heterocycles. The molecule has 1 atom stereocenters. The summed E-state index contributed by atoms with van der Waals surface area (Å²) in [7, 11) is 0. The van der Waals surface area contributed by atoms with Crippen LogP contribution in [0.25, 0.3) is 0 Å². The van der Waals surface area contributed by atoms with Crippen molar-refractivity contribution in [3.8, 4) is 5.75 Å². The van der Waals surface area contributed by atoms with Gasteiger partial charge in [-0.2, -0.15) is 8.78 Å². The van der Waals surface area contributed by atoms with E-state index in [0.29, 0.717) is 27.5 Å². The van der Waals surface area contributed by atoms with Crippen LogP contribution in [0, 0.1) is 0 Å². The summed E-state index contributed by atoms with van der Waals surface area (Å²) in [6.07, 6.45) is 0. The minimum absolute atomic E-state index is 0.0412. The highest BCUT2D eigenvalue weighted by Crippen LogP contribution is 2.34. The molecular formula is C19H16ClF2N3O2S. The zero-order valence-corrected chi connectivity index (χ0v) is 16.2. The second-order valence-corrected chi connectivity index (χ2v) is 6.80. The molecule has 1 amide bonds. The van der Waals surface area contributed by atoms with Crippen molar-refractivity contribution in [2.24, 2.45) is 0 Å². The third-order valence-corrected chi connectivity index (χ3v) is 4.50. The molecule has 0 radical (unpaired) electrons. The number of para-hydroxylation sites is 1. The fraction of sp³-hybridized carbons (Fsp3) is 0.158. The van der Waals surface area contributed by atoms with E-state index < -0.39 is 18.6 Å². The molecule has 28 heavy (non-hydrogen) atoms. The Morgan fingerprint density at radius 1 is 1.25 bits per heavy atom. The van der Waals surface area contributed by atoms with Crippen LogP contribution in [0.1, 0.15) is 18.5 Å². The lowest BCUT2D eigenvalue weighted by molar-refractivity contribution is -0.113. The van der Waals surface area contributed by atoms with Crippen LogP contribution < -0.4 is 20.7 Å². The van der Waals surface area contributed by atoms with E-state index in [2.05, 4.69) is 20.7 Å². The van der Waals surface area contributed by atoms with Crippen molar-refractivity contribution in [3.05, 3.63) is 70.4 Å². The van der Waals surface area contributed by atoms with Gasteiger partial charge >= 0.3 is 6.61 Å². The minimum atomic E-state index is -3.00. The molecule has 1 aliphatic rings. The Morgan fingerprint density at radius 3 is 2.71 bits per heavy atom. The van der Waals surface area contributed by atoms with Crippen LogP contribution in [0.2, 0.25) is 5.02 Å². The molecule has 0 saturated carbocycles. The Bertz CT molecular complexity index is 952. The number of alkyl halides is 2. The second kappa shape index (κ2) is 8.53. The van der Waals surface area contributed by atoms with Crippen LogP contribution in [0.3, 0.4) is 0 Å². The predicted octanol–water partition coefficient (Wildman–Crippen LogP) is 4.37. The van der Waals surface area contributed by atoms with Crippen LogP contribution in [-0.2, 0) is 4.79 Å². The molecule has 5 nitrogen and oxygen atoms in total. The molecule has 0 aromatic heterocycles. The summed E-state index contributed by atoms with van der Waals surface area (Å²) < 4.78 is 30.3. The van der Waals surface area contributed by atoms with Crippen LogP contribution in [0.15, 0.2) is 59.8 Å². The van der Waals surface area contributed by atoms with Gasteiger partial charge in [0.25, 0.3) is 5.91 Å². The largest absolute Gasteiger partial charge is 0.434 e. The van der Waals surface area contributed by atoms with Gasteiger partial charge in [0.2, 0.25) is 0 Å². The first kappa shape index (κ1) is 20.0. The number of hydrogen-bond donors (Lipinski definition) is 3. The standard InChI is InChI=1S/C19H16ClF2N3O2S/c1-10-15(17(26)24-12-6-4-5-11(20)9-12)16(25-19(28)23-10)13-7-2-3-8-14(13)27-18(21)22/h2-9,16,18H,1H3,(H,24,26)(H2,23,25,28)/t16-/m1/s1. The molecule has 0 aliphatic carbocycles. The van der Waals surface area contributed by atoms with E-state index in [1.807, 2.05) is 0 Å². The summed E-state index contributed by atoms with van der Waals surface area (Å²) in [4.78, 5) is 13.0. The molecule has 0 fully saturated rings. The molecule has 2 aromatic carbocycles. The van der Waals surface area contributed by atoms with Gasteiger partial charge in [0.15, 0.2) is 5.11 Å². The fourth-order valence-electron chi connectivity index (χ4n) is 2.92. The van der Waals surface area contributed by atoms with Crippen LogP contribution >= 0.6 is 23.8 Å². The minimum Gasteiger partial charge on any atom is -0.434 e. The molecule has 3 N–H and O–H groups in total. The van der Waals surface area contributed by atoms with Gasteiger partial charge in [-0.3, -0.25) is 4.79 Å². The van der Waals surface area contributed by atoms with Gasteiger partial charge in [-0.25, -0.2) is 0 Å². The fourth-order valence-corrected chi connectivity index (χ4v) is 3.38. The topological polar surface area (TPSA) is 62.4 Å². The molecular weight excluding hydrogens is 408 g/mol. The number of hydrogen-bond acceptors (Lipinski definition) is 3. The highest BCUT2D eigenvalue weighted by atomic mass is 35.5. The number of halogens is 3. The van der Waals surface area contributed by atoms with E-state index in [4.69, 9.17) is 23.8 Å². The molecule has 2 aromatic rings. The lowest BCUT2D eigenvalue weighted by Crippen LogP contribution is -2.45. The number of ether oxygens (including phenoxy) is 1. The van der Waals surface area contributed by atoms with Gasteiger partial charge in [0, 0.05) is 22.0 Å². The van der Waals surface area contributed by atoms with Crippen molar-refractivity contribution < 1.29 is 18.3 Å². The molecule has 3 rings (SSSR count). The van der Waals surface area contributed by atoms with Crippen molar-refractivity contribution in [1.82, 2.24) is 10.6 Å². The predicted molar refractivity (Wildman–Crippen MR) is 107 cm³/mol. The molecule has 146 valence electrons. The molecule has 0 bridgehead atoms. The number of amides is 1. The third kappa shape index (κ3) is 4.58. The summed E-state index contributed by atoms with van der Waals surface area (Å²) >= 11 is 11.1. The maximum absolute atomic E-state index is 13.0. The van der Waals surface area contributed by atoms with Crippen molar-refractivity contribution in [2.45, 2.75) is 19.6 Å². The zero-order chi connectivity index (χ0) is 20.3. The molecule has 9 heteroatoms. The van der Waals surface area contributed by atoms with Gasteiger partial charge in [0.05, 0.1) is 11.6 Å². The van der Waals surface area contributed by atoms with Crippen molar-refractivity contribution >= 4 is 40.5 Å². The van der Waals surface area contributed by atoms with E-state index in [-0.39, 0.29) is 10.9 Å². The summed E-state index contributed by atoms with van der Waals surface area (Å²) in [5, 5.41) is 9.35. The number of rotatable bonds is 5. The van der Waals surface area contributed by atoms with E-state index in [9.17, 15) is 13.6 Å². The number of thiocarbonyl (C=S) groups is 1. The number of nitrogens with one attached hydrogen (secondary N) is 3. The Hall–Kier alpha value is -2.71. The average molecular weight is 424 g/mol. The highest BCUT2D eigenvalue weighted by molar-refractivity contribution is 7.80. The summed E-state index contributed by atoms with van der Waals surface area (Å²) in [5.74, 6) is -0.473. The van der Waals surface area contributed by atoms with Gasteiger partial charge in [-0.15, -0.1) is 0 Å².